The number of ether oxygens (including phenoxy) is 1. The minimum Gasteiger partial charge on any atom is -0.444 e. The van der Waals surface area contributed by atoms with Crippen LogP contribution in [0.4, 0.5) is 9.18 Å². The molecule has 1 amide bonds. The summed E-state index contributed by atoms with van der Waals surface area (Å²) in [6, 6.07) is 2.93. The highest BCUT2D eigenvalue weighted by molar-refractivity contribution is 6.31. The Hall–Kier alpha value is -1.55. The van der Waals surface area contributed by atoms with Crippen LogP contribution >= 0.6 is 11.6 Å². The van der Waals surface area contributed by atoms with E-state index in [1.54, 1.807) is 45.9 Å². The third kappa shape index (κ3) is 5.61. The zero-order valence-corrected chi connectivity index (χ0v) is 12.8. The lowest BCUT2D eigenvalue weighted by atomic mass is 10.1. The maximum Gasteiger partial charge on any atom is 0.407 e. The zero-order valence-electron chi connectivity index (χ0n) is 12.1. The van der Waals surface area contributed by atoms with Crippen molar-refractivity contribution in [3.63, 3.8) is 0 Å². The van der Waals surface area contributed by atoms with E-state index in [0.717, 1.165) is 5.56 Å². The van der Waals surface area contributed by atoms with Crippen LogP contribution in [0.3, 0.4) is 0 Å². The van der Waals surface area contributed by atoms with Crippen LogP contribution in [-0.4, -0.2) is 18.2 Å². The van der Waals surface area contributed by atoms with E-state index >= 15 is 0 Å². The van der Waals surface area contributed by atoms with Gasteiger partial charge in [-0.3, -0.25) is 0 Å². The highest BCUT2D eigenvalue weighted by Crippen LogP contribution is 2.20. The highest BCUT2D eigenvalue weighted by Gasteiger charge is 2.15. The monoisotopic (exact) mass is 299 g/mol. The molecule has 3 nitrogen and oxygen atoms in total. The smallest absolute Gasteiger partial charge is 0.407 e. The van der Waals surface area contributed by atoms with Gasteiger partial charge in [0.05, 0.1) is 0 Å². The summed E-state index contributed by atoms with van der Waals surface area (Å²) in [6.07, 6.45) is 2.74. The lowest BCUT2D eigenvalue weighted by Crippen LogP contribution is -2.32. The van der Waals surface area contributed by atoms with Gasteiger partial charge in [0, 0.05) is 17.1 Å². The first kappa shape index (κ1) is 16.5. The molecule has 110 valence electrons. The summed E-state index contributed by atoms with van der Waals surface area (Å²) >= 11 is 5.81. The molecule has 0 unspecified atom stereocenters. The highest BCUT2D eigenvalue weighted by atomic mass is 35.5. The Morgan fingerprint density at radius 2 is 2.10 bits per heavy atom. The topological polar surface area (TPSA) is 38.3 Å². The molecule has 1 aromatic carbocycles. The van der Waals surface area contributed by atoms with Gasteiger partial charge in [-0.1, -0.05) is 23.8 Å². The Bertz CT molecular complexity index is 521. The third-order valence-corrected chi connectivity index (χ3v) is 2.75. The molecule has 0 atom stereocenters. The van der Waals surface area contributed by atoms with Gasteiger partial charge in [-0.2, -0.15) is 0 Å². The molecule has 0 aliphatic carbocycles. The first-order valence-electron chi connectivity index (χ1n) is 6.28. The van der Waals surface area contributed by atoms with Gasteiger partial charge in [-0.15, -0.1) is 0 Å². The number of aryl methyl sites for hydroxylation is 1. The van der Waals surface area contributed by atoms with Gasteiger partial charge in [0.1, 0.15) is 11.4 Å². The Kier molecular flexibility index (Phi) is 5.57. The van der Waals surface area contributed by atoms with Gasteiger partial charge in [0.2, 0.25) is 0 Å². The predicted octanol–water partition coefficient (Wildman–Crippen LogP) is 4.33. The maximum atomic E-state index is 13.6. The number of benzene rings is 1. The Labute approximate surface area is 123 Å². The van der Waals surface area contributed by atoms with Crippen molar-refractivity contribution in [3.8, 4) is 0 Å². The SMILES string of the molecule is Cc1cc(C=CCNC(=O)OC(C)(C)C)c(F)cc1Cl. The number of halogens is 2. The van der Waals surface area contributed by atoms with Gasteiger partial charge in [-0.25, -0.2) is 9.18 Å². The van der Waals surface area contributed by atoms with Crippen molar-refractivity contribution in [2.24, 2.45) is 0 Å². The van der Waals surface area contributed by atoms with E-state index in [4.69, 9.17) is 16.3 Å². The summed E-state index contributed by atoms with van der Waals surface area (Å²) in [5, 5.41) is 2.95. The number of hydrogen-bond donors (Lipinski definition) is 1. The largest absolute Gasteiger partial charge is 0.444 e. The summed E-state index contributed by atoms with van der Waals surface area (Å²) in [5.74, 6) is -0.394. The van der Waals surface area contributed by atoms with Crippen molar-refractivity contribution in [2.75, 3.05) is 6.54 Å². The summed E-state index contributed by atoms with van der Waals surface area (Å²) in [7, 11) is 0. The zero-order chi connectivity index (χ0) is 15.3. The summed E-state index contributed by atoms with van der Waals surface area (Å²) < 4.78 is 18.7. The Balaban J connectivity index is 2.54. The second kappa shape index (κ2) is 6.75. The fourth-order valence-corrected chi connectivity index (χ4v) is 1.60. The Morgan fingerprint density at radius 3 is 2.70 bits per heavy atom. The quantitative estimate of drug-likeness (QED) is 0.902. The van der Waals surface area contributed by atoms with E-state index in [2.05, 4.69) is 5.32 Å². The van der Waals surface area contributed by atoms with Gasteiger partial charge in [-0.05, 0) is 45.4 Å². The number of amides is 1. The van der Waals surface area contributed by atoms with Gasteiger partial charge in [0.15, 0.2) is 0 Å². The number of alkyl carbamates (subject to hydrolysis) is 1. The Morgan fingerprint density at radius 1 is 1.45 bits per heavy atom. The van der Waals surface area contributed by atoms with Crippen LogP contribution in [-0.2, 0) is 4.74 Å². The standard InChI is InChI=1S/C15H19ClFNO2/c1-10-8-11(13(17)9-12(10)16)6-5-7-18-14(19)20-15(2,3)4/h5-6,8-9H,7H2,1-4H3,(H,18,19). The van der Waals surface area contributed by atoms with Crippen LogP contribution in [0.1, 0.15) is 31.9 Å². The fourth-order valence-electron chi connectivity index (χ4n) is 1.45. The number of nitrogens with one attached hydrogen (secondary N) is 1. The minimum atomic E-state index is -0.535. The van der Waals surface area contributed by atoms with Crippen molar-refractivity contribution in [1.29, 1.82) is 0 Å². The van der Waals surface area contributed by atoms with Crippen molar-refractivity contribution < 1.29 is 13.9 Å². The molecule has 0 fully saturated rings. The molecule has 0 aliphatic rings. The van der Waals surface area contributed by atoms with Crippen LogP contribution in [0.5, 0.6) is 0 Å². The van der Waals surface area contributed by atoms with Crippen LogP contribution in [0.2, 0.25) is 5.02 Å². The number of carbonyl (C=O) groups excluding carboxylic acids is 1. The second-order valence-corrected chi connectivity index (χ2v) is 5.82. The van der Waals surface area contributed by atoms with Gasteiger partial charge < -0.3 is 10.1 Å². The molecule has 0 saturated heterocycles. The number of carbonyl (C=O) groups is 1. The lowest BCUT2D eigenvalue weighted by Gasteiger charge is -2.19. The minimum absolute atomic E-state index is 0.260. The van der Waals surface area contributed by atoms with Crippen molar-refractivity contribution in [1.82, 2.24) is 5.32 Å². The molecule has 0 spiro atoms. The second-order valence-electron chi connectivity index (χ2n) is 5.41. The van der Waals surface area contributed by atoms with Gasteiger partial charge >= 0.3 is 6.09 Å². The average molecular weight is 300 g/mol. The number of hydrogen-bond acceptors (Lipinski definition) is 2. The van der Waals surface area contributed by atoms with E-state index in [-0.39, 0.29) is 6.54 Å². The molecule has 0 aromatic heterocycles. The van der Waals surface area contributed by atoms with E-state index in [0.29, 0.717) is 10.6 Å². The maximum absolute atomic E-state index is 13.6. The fraction of sp³-hybridized carbons (Fsp3) is 0.400. The van der Waals surface area contributed by atoms with Crippen LogP contribution in [0.25, 0.3) is 6.08 Å². The lowest BCUT2D eigenvalue weighted by molar-refractivity contribution is 0.0534. The molecule has 1 aromatic rings. The average Bonchev–Trinajstić information content (AvgIpc) is 2.28. The molecule has 5 heteroatoms. The molecule has 0 bridgehead atoms. The van der Waals surface area contributed by atoms with Crippen molar-refractivity contribution in [3.05, 3.63) is 40.2 Å². The van der Waals surface area contributed by atoms with Crippen LogP contribution < -0.4 is 5.32 Å². The molecule has 0 saturated carbocycles. The molecule has 0 heterocycles. The van der Waals surface area contributed by atoms with E-state index in [1.165, 1.54) is 6.07 Å². The summed E-state index contributed by atoms with van der Waals surface area (Å²) in [5.41, 5.74) is 0.693. The van der Waals surface area contributed by atoms with Crippen molar-refractivity contribution in [2.45, 2.75) is 33.3 Å². The molecule has 1 N–H and O–H groups in total. The van der Waals surface area contributed by atoms with Gasteiger partial charge in [0.25, 0.3) is 0 Å². The number of rotatable bonds is 3. The molecular weight excluding hydrogens is 281 g/mol. The molecule has 0 aliphatic heterocycles. The van der Waals surface area contributed by atoms with Crippen LogP contribution in [0, 0.1) is 12.7 Å². The predicted molar refractivity (Wildman–Crippen MR) is 79.4 cm³/mol. The molecule has 0 radical (unpaired) electrons. The van der Waals surface area contributed by atoms with Crippen LogP contribution in [0.15, 0.2) is 18.2 Å². The molecule has 1 rings (SSSR count). The van der Waals surface area contributed by atoms with E-state index in [1.807, 2.05) is 0 Å². The third-order valence-electron chi connectivity index (χ3n) is 2.34. The normalized spacial score (nSPS) is 11.7. The van der Waals surface area contributed by atoms with E-state index < -0.39 is 17.5 Å². The molecule has 20 heavy (non-hydrogen) atoms. The summed E-state index contributed by atoms with van der Waals surface area (Å²) in [6.45, 7) is 7.42. The van der Waals surface area contributed by atoms with Crippen molar-refractivity contribution >= 4 is 23.8 Å². The van der Waals surface area contributed by atoms with E-state index in [9.17, 15) is 9.18 Å². The first-order chi connectivity index (χ1) is 9.19. The first-order valence-corrected chi connectivity index (χ1v) is 6.66. The molecular formula is C15H19ClFNO2. The summed E-state index contributed by atoms with van der Waals surface area (Å²) in [4.78, 5) is 11.4.